The van der Waals surface area contributed by atoms with Gasteiger partial charge < -0.3 is 14.4 Å². The number of carbonyl (C=O) groups is 1. The maximum atomic E-state index is 12.3. The molecule has 0 saturated heterocycles. The van der Waals surface area contributed by atoms with Gasteiger partial charge in [0.25, 0.3) is 6.29 Å². The summed E-state index contributed by atoms with van der Waals surface area (Å²) in [6, 6.07) is 7.15. The first-order valence-electron chi connectivity index (χ1n) is 6.04. The van der Waals surface area contributed by atoms with E-state index in [1.54, 1.807) is 23.1 Å². The smallest absolute Gasteiger partial charge is 0.266 e. The molecule has 0 N–H and O–H groups in total. The van der Waals surface area contributed by atoms with Crippen molar-refractivity contribution in [2.75, 3.05) is 20.7 Å². The van der Waals surface area contributed by atoms with Crippen LogP contribution in [0, 0.1) is 0 Å². The van der Waals surface area contributed by atoms with Crippen molar-refractivity contribution in [1.29, 1.82) is 0 Å². The van der Waals surface area contributed by atoms with E-state index in [4.69, 9.17) is 21.1 Å². The molecule has 0 radical (unpaired) electrons. The Morgan fingerprint density at radius 3 is 2.74 bits per heavy atom. The first-order valence-corrected chi connectivity index (χ1v) is 6.42. The fourth-order valence-electron chi connectivity index (χ4n) is 1.94. The summed E-state index contributed by atoms with van der Waals surface area (Å²) in [6.07, 6.45) is -0.864. The minimum absolute atomic E-state index is 0.173. The van der Waals surface area contributed by atoms with Crippen molar-refractivity contribution in [1.82, 2.24) is 4.90 Å². The Morgan fingerprint density at radius 1 is 1.42 bits per heavy atom. The van der Waals surface area contributed by atoms with E-state index in [1.807, 2.05) is 27.1 Å². The van der Waals surface area contributed by atoms with Gasteiger partial charge in [-0.1, -0.05) is 23.7 Å². The molecule has 0 fully saturated rings. The topological polar surface area (TPSA) is 38.8 Å². The third-order valence-corrected chi connectivity index (χ3v) is 2.97. The number of rotatable bonds is 4. The Hall–Kier alpha value is -1.52. The predicted octanol–water partition coefficient (Wildman–Crippen LogP) is 2.53. The second-order valence-electron chi connectivity index (χ2n) is 4.35. The molecule has 0 aromatic heterocycles. The summed E-state index contributed by atoms with van der Waals surface area (Å²) < 4.78 is 10.9. The number of nitrogens with zero attached hydrogens (tertiary/aromatic N) is 1. The van der Waals surface area contributed by atoms with E-state index in [1.165, 1.54) is 0 Å². The first kappa shape index (κ1) is 13.9. The number of halogens is 1. The van der Waals surface area contributed by atoms with Gasteiger partial charge in [0.1, 0.15) is 0 Å². The van der Waals surface area contributed by atoms with Gasteiger partial charge in [-0.2, -0.15) is 0 Å². The second-order valence-corrected chi connectivity index (χ2v) is 4.79. The van der Waals surface area contributed by atoms with E-state index in [-0.39, 0.29) is 5.78 Å². The van der Waals surface area contributed by atoms with Gasteiger partial charge in [-0.25, -0.2) is 0 Å². The summed E-state index contributed by atoms with van der Waals surface area (Å²) in [5.74, 6) is 0.332. The summed E-state index contributed by atoms with van der Waals surface area (Å²) in [7, 11) is 3.64. The molecule has 0 amide bonds. The van der Waals surface area contributed by atoms with Crippen molar-refractivity contribution in [3.63, 3.8) is 0 Å². The van der Waals surface area contributed by atoms with Crippen LogP contribution in [0.2, 0.25) is 5.02 Å². The number of Topliss-reactive ketones (excluding diaryl/α,β-unsaturated/α-hetero) is 1. The van der Waals surface area contributed by atoms with Gasteiger partial charge >= 0.3 is 0 Å². The number of hydrogen-bond donors (Lipinski definition) is 0. The highest BCUT2D eigenvalue weighted by molar-refractivity contribution is 6.31. The number of hydrogen-bond acceptors (Lipinski definition) is 4. The summed E-state index contributed by atoms with van der Waals surface area (Å²) in [5.41, 5.74) is 1.24. The van der Waals surface area contributed by atoms with E-state index >= 15 is 0 Å². The molecule has 0 spiro atoms. The molecule has 0 saturated carbocycles. The molecule has 1 unspecified atom stereocenters. The zero-order valence-corrected chi connectivity index (χ0v) is 11.9. The Bertz CT molecular complexity index is 525. The Kier molecular flexibility index (Phi) is 4.12. The van der Waals surface area contributed by atoms with E-state index < -0.39 is 6.29 Å². The molecule has 19 heavy (non-hydrogen) atoms. The van der Waals surface area contributed by atoms with Crippen molar-refractivity contribution >= 4 is 23.0 Å². The lowest BCUT2D eigenvalue weighted by atomic mass is 10.0. The average molecular weight is 282 g/mol. The molecule has 0 aliphatic carbocycles. The van der Waals surface area contributed by atoms with Gasteiger partial charge in [-0.05, 0) is 24.6 Å². The molecule has 1 aliphatic heterocycles. The molecule has 1 atom stereocenters. The molecular weight excluding hydrogens is 266 g/mol. The average Bonchev–Trinajstić information content (AvgIpc) is 2.68. The van der Waals surface area contributed by atoms with Gasteiger partial charge in [0.2, 0.25) is 11.7 Å². The van der Waals surface area contributed by atoms with Gasteiger partial charge in [0.15, 0.2) is 0 Å². The monoisotopic (exact) mass is 281 g/mol. The highest BCUT2D eigenvalue weighted by Gasteiger charge is 2.37. The third-order valence-electron chi connectivity index (χ3n) is 2.73. The Morgan fingerprint density at radius 2 is 2.16 bits per heavy atom. The molecule has 2 rings (SSSR count). The molecule has 1 heterocycles. The zero-order valence-electron chi connectivity index (χ0n) is 11.1. The van der Waals surface area contributed by atoms with Crippen LogP contribution in [-0.4, -0.2) is 37.7 Å². The molecule has 102 valence electrons. The summed E-state index contributed by atoms with van der Waals surface area (Å²) in [5, 5.41) is 0.579. The van der Waals surface area contributed by atoms with Crippen LogP contribution >= 0.6 is 11.6 Å². The lowest BCUT2D eigenvalue weighted by Crippen LogP contribution is -2.22. The van der Waals surface area contributed by atoms with E-state index in [9.17, 15) is 4.79 Å². The molecule has 1 aromatic rings. The molecule has 1 aromatic carbocycles. The summed E-state index contributed by atoms with van der Waals surface area (Å²) >= 11 is 5.98. The maximum Gasteiger partial charge on any atom is 0.266 e. The van der Waals surface area contributed by atoms with Crippen LogP contribution in [0.15, 0.2) is 30.1 Å². The minimum Gasteiger partial charge on any atom is -0.441 e. The highest BCUT2D eigenvalue weighted by Crippen LogP contribution is 2.32. The molecule has 4 nitrogen and oxygen atoms in total. The highest BCUT2D eigenvalue weighted by atomic mass is 35.5. The Labute approximate surface area is 117 Å². The minimum atomic E-state index is -0.864. The normalized spacial score (nSPS) is 18.7. The van der Waals surface area contributed by atoms with Crippen LogP contribution in [0.3, 0.4) is 0 Å². The first-order chi connectivity index (χ1) is 9.04. The molecular formula is C14H16ClNO3. The Balaban J connectivity index is 2.43. The van der Waals surface area contributed by atoms with Crippen molar-refractivity contribution in [3.05, 3.63) is 40.7 Å². The number of carbonyl (C=O) groups excluding carboxylic acids is 1. The summed E-state index contributed by atoms with van der Waals surface area (Å²) in [4.78, 5) is 14.1. The van der Waals surface area contributed by atoms with Crippen molar-refractivity contribution in [2.24, 2.45) is 0 Å². The standard InChI is InChI=1S/C14H16ClNO3/c1-4-18-14-12(17)11(13(19-14)16(2)3)9-6-5-7-10(15)8-9/h5-8,14H,4H2,1-3H3. The van der Waals surface area contributed by atoms with Gasteiger partial charge in [0.05, 0.1) is 5.57 Å². The number of ether oxygens (including phenoxy) is 2. The zero-order chi connectivity index (χ0) is 14.0. The number of benzene rings is 1. The second kappa shape index (κ2) is 5.63. The van der Waals surface area contributed by atoms with Gasteiger partial charge in [0, 0.05) is 25.7 Å². The largest absolute Gasteiger partial charge is 0.441 e. The van der Waals surface area contributed by atoms with Crippen molar-refractivity contribution in [3.8, 4) is 0 Å². The lowest BCUT2D eigenvalue weighted by Gasteiger charge is -2.16. The fourth-order valence-corrected chi connectivity index (χ4v) is 2.13. The number of ketones is 1. The van der Waals surface area contributed by atoms with Gasteiger partial charge in [-0.15, -0.1) is 0 Å². The lowest BCUT2D eigenvalue weighted by molar-refractivity contribution is -0.150. The van der Waals surface area contributed by atoms with Crippen LogP contribution in [0.1, 0.15) is 12.5 Å². The molecule has 5 heteroatoms. The predicted molar refractivity (Wildman–Crippen MR) is 73.6 cm³/mol. The van der Waals surface area contributed by atoms with E-state index in [0.717, 1.165) is 5.56 Å². The fraction of sp³-hybridized carbons (Fsp3) is 0.357. The van der Waals surface area contributed by atoms with E-state index in [2.05, 4.69) is 0 Å². The van der Waals surface area contributed by atoms with E-state index in [0.29, 0.717) is 23.1 Å². The molecule has 1 aliphatic rings. The van der Waals surface area contributed by atoms with Crippen LogP contribution < -0.4 is 0 Å². The molecule has 0 bridgehead atoms. The summed E-state index contributed by atoms with van der Waals surface area (Å²) in [6.45, 7) is 2.24. The van der Waals surface area contributed by atoms with Crippen molar-refractivity contribution < 1.29 is 14.3 Å². The SMILES string of the molecule is CCOC1OC(N(C)C)=C(c2cccc(Cl)c2)C1=O. The van der Waals surface area contributed by atoms with Crippen LogP contribution in [0.25, 0.3) is 5.57 Å². The van der Waals surface area contributed by atoms with Crippen LogP contribution in [0.4, 0.5) is 0 Å². The maximum absolute atomic E-state index is 12.3. The quantitative estimate of drug-likeness (QED) is 0.850. The van der Waals surface area contributed by atoms with Crippen molar-refractivity contribution in [2.45, 2.75) is 13.2 Å². The van der Waals surface area contributed by atoms with Crippen LogP contribution in [-0.2, 0) is 14.3 Å². The third kappa shape index (κ3) is 2.74. The van der Waals surface area contributed by atoms with Crippen LogP contribution in [0.5, 0.6) is 0 Å². The van der Waals surface area contributed by atoms with Gasteiger partial charge in [-0.3, -0.25) is 4.79 Å².